The highest BCUT2D eigenvalue weighted by atomic mass is 32.2. The van der Waals surface area contributed by atoms with Gasteiger partial charge in [0.15, 0.2) is 0 Å². The molecule has 3 aromatic rings. The van der Waals surface area contributed by atoms with Crippen LogP contribution in [0.25, 0.3) is 0 Å². The van der Waals surface area contributed by atoms with Crippen LogP contribution in [-0.4, -0.2) is 54.7 Å². The molecule has 10 heteroatoms. The molecule has 0 N–H and O–H groups in total. The van der Waals surface area contributed by atoms with Crippen LogP contribution >= 0.6 is 11.3 Å². The summed E-state index contributed by atoms with van der Waals surface area (Å²) in [5.74, 6) is -0.236. The summed E-state index contributed by atoms with van der Waals surface area (Å²) in [6.45, 7) is 4.68. The van der Waals surface area contributed by atoms with Crippen LogP contribution in [0.1, 0.15) is 25.9 Å². The maximum absolute atomic E-state index is 14.0. The minimum atomic E-state index is -3.95. The number of halogens is 1. The minimum Gasteiger partial charge on any atom is -0.486 e. The first-order valence-electron chi connectivity index (χ1n) is 10.5. The number of hydrogen-bond acceptors (Lipinski definition) is 6. The number of hydrogen-bond donors (Lipinski definition) is 0. The quantitative estimate of drug-likeness (QED) is 0.528. The monoisotopic (exact) mass is 489 g/mol. The van der Waals surface area contributed by atoms with Gasteiger partial charge in [-0.3, -0.25) is 4.79 Å². The second-order valence-electron chi connectivity index (χ2n) is 7.75. The molecule has 0 radical (unpaired) electrons. The number of benzene rings is 2. The van der Waals surface area contributed by atoms with E-state index in [2.05, 4.69) is 4.98 Å². The first-order valence-corrected chi connectivity index (χ1v) is 12.7. The van der Waals surface area contributed by atoms with Crippen LogP contribution in [0.5, 0.6) is 5.75 Å². The van der Waals surface area contributed by atoms with E-state index in [4.69, 9.17) is 4.74 Å². The van der Waals surface area contributed by atoms with E-state index in [-0.39, 0.29) is 43.6 Å². The van der Waals surface area contributed by atoms with Gasteiger partial charge in [0.25, 0.3) is 5.91 Å². The van der Waals surface area contributed by atoms with E-state index in [0.29, 0.717) is 15.6 Å². The van der Waals surface area contributed by atoms with Gasteiger partial charge in [-0.05, 0) is 38.1 Å². The smallest absolute Gasteiger partial charge is 0.265 e. The van der Waals surface area contributed by atoms with Crippen molar-refractivity contribution >= 4 is 27.3 Å². The fourth-order valence-corrected chi connectivity index (χ4v) is 5.99. The number of thiazole rings is 1. The largest absolute Gasteiger partial charge is 0.486 e. The number of aryl methyl sites for hydroxylation is 2. The maximum Gasteiger partial charge on any atom is 0.265 e. The third-order valence-electron chi connectivity index (χ3n) is 5.40. The van der Waals surface area contributed by atoms with E-state index < -0.39 is 15.8 Å². The van der Waals surface area contributed by atoms with E-state index in [1.54, 1.807) is 11.8 Å². The Morgan fingerprint density at radius 3 is 2.39 bits per heavy atom. The Hall–Kier alpha value is -2.82. The molecule has 1 aliphatic heterocycles. The topological polar surface area (TPSA) is 79.8 Å². The summed E-state index contributed by atoms with van der Waals surface area (Å²) in [5, 5.41) is 0.692. The number of nitrogens with zero attached hydrogens (tertiary/aromatic N) is 3. The fourth-order valence-electron chi connectivity index (χ4n) is 3.56. The van der Waals surface area contributed by atoms with Crippen LogP contribution in [0.2, 0.25) is 0 Å². The van der Waals surface area contributed by atoms with Crippen LogP contribution in [0.3, 0.4) is 0 Å². The Morgan fingerprint density at radius 2 is 1.73 bits per heavy atom. The minimum absolute atomic E-state index is 0.101. The number of piperazine rings is 1. The first kappa shape index (κ1) is 23.3. The molecule has 1 saturated heterocycles. The number of ether oxygens (including phenoxy) is 1. The average molecular weight is 490 g/mol. The normalized spacial score (nSPS) is 14.9. The Kier molecular flexibility index (Phi) is 6.78. The number of sulfonamides is 1. The lowest BCUT2D eigenvalue weighted by molar-refractivity contribution is 0.0701. The van der Waals surface area contributed by atoms with Gasteiger partial charge in [-0.15, -0.1) is 11.3 Å². The molecule has 0 spiro atoms. The standard InChI is InChI=1S/C23H24FN3O4S2/c1-16-7-9-18(10-8-16)31-15-21-25-17(2)22(32-21)23(28)26-11-13-27(14-12-26)33(29,30)20-6-4-3-5-19(20)24/h3-10H,11-15H2,1-2H3. The number of aromatic nitrogens is 1. The molecule has 1 amide bonds. The number of carbonyl (C=O) groups is 1. The van der Waals surface area contributed by atoms with Crippen LogP contribution in [0.4, 0.5) is 4.39 Å². The zero-order valence-corrected chi connectivity index (χ0v) is 20.0. The SMILES string of the molecule is Cc1ccc(OCc2nc(C)c(C(=O)N3CCN(S(=O)(=O)c4ccccc4F)CC3)s2)cc1. The first-order chi connectivity index (χ1) is 15.8. The van der Waals surface area contributed by atoms with Gasteiger partial charge in [0.2, 0.25) is 10.0 Å². The summed E-state index contributed by atoms with van der Waals surface area (Å²) in [7, 11) is -3.95. The fraction of sp³-hybridized carbons (Fsp3) is 0.304. The molecular weight excluding hydrogens is 465 g/mol. The molecule has 4 rings (SSSR count). The molecule has 1 aliphatic rings. The average Bonchev–Trinajstić information content (AvgIpc) is 3.19. The lowest BCUT2D eigenvalue weighted by atomic mass is 10.2. The third-order valence-corrected chi connectivity index (χ3v) is 8.45. The predicted octanol–water partition coefficient (Wildman–Crippen LogP) is 3.62. The van der Waals surface area contributed by atoms with Crippen molar-refractivity contribution in [2.75, 3.05) is 26.2 Å². The van der Waals surface area contributed by atoms with Crippen molar-refractivity contribution in [2.24, 2.45) is 0 Å². The van der Waals surface area contributed by atoms with Gasteiger partial charge in [0.05, 0.1) is 5.69 Å². The molecular formula is C23H24FN3O4S2. The van der Waals surface area contributed by atoms with Crippen molar-refractivity contribution in [3.63, 3.8) is 0 Å². The van der Waals surface area contributed by atoms with Crippen LogP contribution in [0.15, 0.2) is 53.4 Å². The van der Waals surface area contributed by atoms with E-state index in [1.807, 2.05) is 31.2 Å². The van der Waals surface area contributed by atoms with Crippen molar-refractivity contribution in [1.82, 2.24) is 14.2 Å². The lowest BCUT2D eigenvalue weighted by Gasteiger charge is -2.33. The predicted molar refractivity (Wildman–Crippen MR) is 123 cm³/mol. The van der Waals surface area contributed by atoms with Gasteiger partial charge in [0.1, 0.15) is 33.0 Å². The van der Waals surface area contributed by atoms with Crippen molar-refractivity contribution in [3.8, 4) is 5.75 Å². The Bertz CT molecular complexity index is 1250. The highest BCUT2D eigenvalue weighted by Gasteiger charge is 2.33. The number of amides is 1. The van der Waals surface area contributed by atoms with E-state index in [9.17, 15) is 17.6 Å². The summed E-state index contributed by atoms with van der Waals surface area (Å²) in [4.78, 5) is 19.3. The van der Waals surface area contributed by atoms with E-state index in [1.165, 1.54) is 33.8 Å². The van der Waals surface area contributed by atoms with Gasteiger partial charge in [0, 0.05) is 26.2 Å². The van der Waals surface area contributed by atoms with Crippen LogP contribution in [-0.2, 0) is 16.6 Å². The second kappa shape index (κ2) is 9.58. The third kappa shape index (κ3) is 5.07. The Labute approximate surface area is 196 Å². The van der Waals surface area contributed by atoms with Gasteiger partial charge in [-0.25, -0.2) is 17.8 Å². The molecule has 0 bridgehead atoms. The molecule has 2 heterocycles. The van der Waals surface area contributed by atoms with Crippen molar-refractivity contribution in [2.45, 2.75) is 25.3 Å². The second-order valence-corrected chi connectivity index (χ2v) is 10.7. The molecule has 2 aromatic carbocycles. The zero-order valence-electron chi connectivity index (χ0n) is 18.3. The molecule has 0 unspecified atom stereocenters. The highest BCUT2D eigenvalue weighted by Crippen LogP contribution is 2.24. The van der Waals surface area contributed by atoms with Crippen LogP contribution < -0.4 is 4.74 Å². The van der Waals surface area contributed by atoms with Gasteiger partial charge >= 0.3 is 0 Å². The molecule has 0 saturated carbocycles. The highest BCUT2D eigenvalue weighted by molar-refractivity contribution is 7.89. The van der Waals surface area contributed by atoms with Gasteiger partial charge in [-0.1, -0.05) is 29.8 Å². The molecule has 0 aliphatic carbocycles. The molecule has 0 atom stereocenters. The van der Waals surface area contributed by atoms with Crippen molar-refractivity contribution < 1.29 is 22.3 Å². The number of rotatable bonds is 6. The number of carbonyl (C=O) groups excluding carboxylic acids is 1. The summed E-state index contributed by atoms with van der Waals surface area (Å²) in [6, 6.07) is 13.0. The Balaban J connectivity index is 1.39. The van der Waals surface area contributed by atoms with E-state index in [0.717, 1.165) is 17.4 Å². The molecule has 1 fully saturated rings. The van der Waals surface area contributed by atoms with Gasteiger partial charge in [-0.2, -0.15) is 4.31 Å². The van der Waals surface area contributed by atoms with E-state index >= 15 is 0 Å². The summed E-state index contributed by atoms with van der Waals surface area (Å²) < 4.78 is 46.6. The summed E-state index contributed by atoms with van der Waals surface area (Å²) >= 11 is 1.28. The summed E-state index contributed by atoms with van der Waals surface area (Å²) in [6.07, 6.45) is 0. The summed E-state index contributed by atoms with van der Waals surface area (Å²) in [5.41, 5.74) is 1.76. The zero-order chi connectivity index (χ0) is 23.6. The lowest BCUT2D eigenvalue weighted by Crippen LogP contribution is -2.50. The molecule has 7 nitrogen and oxygen atoms in total. The molecule has 33 heavy (non-hydrogen) atoms. The maximum atomic E-state index is 14.0. The van der Waals surface area contributed by atoms with Crippen molar-refractivity contribution in [1.29, 1.82) is 0 Å². The molecule has 1 aromatic heterocycles. The van der Waals surface area contributed by atoms with Crippen LogP contribution in [0, 0.1) is 19.7 Å². The Morgan fingerprint density at radius 1 is 1.06 bits per heavy atom. The molecule has 174 valence electrons. The van der Waals surface area contributed by atoms with Crippen molar-refractivity contribution in [3.05, 3.63) is 75.5 Å². The van der Waals surface area contributed by atoms with Gasteiger partial charge < -0.3 is 9.64 Å².